The van der Waals surface area contributed by atoms with Gasteiger partial charge in [0, 0.05) is 44.5 Å². The Morgan fingerprint density at radius 1 is 1.07 bits per heavy atom. The standard InChI is InChI=1S/C21H28FN3O3/c1-15(17-13-19(27-4)20(28-5)14-18(17)22)23-21(26)25(3)12-11-24(2)16-9-7-6-8-10-16/h6-10,13-15H,11-12H2,1-5H3,(H,23,26). The summed E-state index contributed by atoms with van der Waals surface area (Å²) >= 11 is 0. The SMILES string of the molecule is COc1cc(F)c(C(C)NC(=O)N(C)CCN(C)c2ccccc2)cc1OC. The number of carbonyl (C=O) groups is 1. The number of rotatable bonds is 8. The second-order valence-electron chi connectivity index (χ2n) is 6.58. The summed E-state index contributed by atoms with van der Waals surface area (Å²) in [6.45, 7) is 2.93. The Morgan fingerprint density at radius 3 is 2.29 bits per heavy atom. The molecular formula is C21H28FN3O3. The van der Waals surface area contributed by atoms with Gasteiger partial charge in [-0.3, -0.25) is 0 Å². The van der Waals surface area contributed by atoms with E-state index >= 15 is 0 Å². The van der Waals surface area contributed by atoms with E-state index in [9.17, 15) is 9.18 Å². The second-order valence-corrected chi connectivity index (χ2v) is 6.58. The van der Waals surface area contributed by atoms with E-state index in [0.717, 1.165) is 5.69 Å². The fourth-order valence-corrected chi connectivity index (χ4v) is 2.79. The maximum Gasteiger partial charge on any atom is 0.317 e. The van der Waals surface area contributed by atoms with Gasteiger partial charge >= 0.3 is 6.03 Å². The minimum atomic E-state index is -0.526. The molecule has 152 valence electrons. The van der Waals surface area contributed by atoms with E-state index in [0.29, 0.717) is 30.2 Å². The van der Waals surface area contributed by atoms with Crippen LogP contribution in [-0.2, 0) is 0 Å². The van der Waals surface area contributed by atoms with Gasteiger partial charge in [-0.05, 0) is 25.1 Å². The lowest BCUT2D eigenvalue weighted by molar-refractivity contribution is 0.206. The number of para-hydroxylation sites is 1. The van der Waals surface area contributed by atoms with Crippen molar-refractivity contribution in [1.29, 1.82) is 0 Å². The van der Waals surface area contributed by atoms with E-state index in [1.54, 1.807) is 24.9 Å². The molecule has 0 aliphatic heterocycles. The number of amides is 2. The summed E-state index contributed by atoms with van der Waals surface area (Å²) in [7, 11) is 6.62. The summed E-state index contributed by atoms with van der Waals surface area (Å²) in [5.41, 5.74) is 1.41. The van der Waals surface area contributed by atoms with E-state index in [1.165, 1.54) is 20.3 Å². The molecule has 1 atom stereocenters. The molecule has 1 N–H and O–H groups in total. The first-order valence-corrected chi connectivity index (χ1v) is 9.06. The van der Waals surface area contributed by atoms with Crippen molar-refractivity contribution in [2.45, 2.75) is 13.0 Å². The lowest BCUT2D eigenvalue weighted by Crippen LogP contribution is -2.42. The number of anilines is 1. The maximum absolute atomic E-state index is 14.4. The first kappa shape index (κ1) is 21.3. The number of nitrogens with zero attached hydrogens (tertiary/aromatic N) is 2. The van der Waals surface area contributed by atoms with Gasteiger partial charge in [-0.25, -0.2) is 9.18 Å². The molecule has 2 aromatic carbocycles. The first-order chi connectivity index (χ1) is 13.4. The zero-order chi connectivity index (χ0) is 20.7. The highest BCUT2D eigenvalue weighted by molar-refractivity contribution is 5.74. The van der Waals surface area contributed by atoms with Crippen molar-refractivity contribution in [2.24, 2.45) is 0 Å². The third kappa shape index (κ3) is 5.28. The predicted octanol–water partition coefficient (Wildman–Crippen LogP) is 3.68. The summed E-state index contributed by atoms with van der Waals surface area (Å²) in [6, 6.07) is 11.9. The maximum atomic E-state index is 14.4. The average Bonchev–Trinajstić information content (AvgIpc) is 2.71. The molecule has 0 saturated carbocycles. The molecule has 2 aromatic rings. The van der Waals surface area contributed by atoms with Crippen LogP contribution in [0.2, 0.25) is 0 Å². The van der Waals surface area contributed by atoms with Crippen LogP contribution in [0.5, 0.6) is 11.5 Å². The third-order valence-electron chi connectivity index (χ3n) is 4.62. The number of urea groups is 1. The predicted molar refractivity (Wildman–Crippen MR) is 109 cm³/mol. The van der Waals surface area contributed by atoms with Gasteiger partial charge in [0.1, 0.15) is 5.82 Å². The Morgan fingerprint density at radius 2 is 1.68 bits per heavy atom. The summed E-state index contributed by atoms with van der Waals surface area (Å²) in [6.07, 6.45) is 0. The van der Waals surface area contributed by atoms with E-state index in [-0.39, 0.29) is 6.03 Å². The molecule has 6 nitrogen and oxygen atoms in total. The molecule has 1 unspecified atom stereocenters. The molecule has 0 aliphatic rings. The van der Waals surface area contributed by atoms with Gasteiger partial charge in [0.15, 0.2) is 11.5 Å². The minimum Gasteiger partial charge on any atom is -0.493 e. The molecule has 2 rings (SSSR count). The number of hydrogen-bond donors (Lipinski definition) is 1. The molecule has 0 aromatic heterocycles. The lowest BCUT2D eigenvalue weighted by Gasteiger charge is -2.25. The van der Waals surface area contributed by atoms with E-state index in [1.807, 2.05) is 37.4 Å². The Bertz CT molecular complexity index is 786. The summed E-state index contributed by atoms with van der Waals surface area (Å²) in [4.78, 5) is 16.1. The monoisotopic (exact) mass is 389 g/mol. The van der Waals surface area contributed by atoms with Crippen molar-refractivity contribution in [1.82, 2.24) is 10.2 Å². The Balaban J connectivity index is 1.96. The van der Waals surface area contributed by atoms with Gasteiger partial charge in [0.25, 0.3) is 0 Å². The quantitative estimate of drug-likeness (QED) is 0.748. The highest BCUT2D eigenvalue weighted by Crippen LogP contribution is 2.32. The van der Waals surface area contributed by atoms with Crippen LogP contribution in [0.1, 0.15) is 18.5 Å². The normalized spacial score (nSPS) is 11.5. The number of hydrogen-bond acceptors (Lipinski definition) is 4. The number of halogens is 1. The topological polar surface area (TPSA) is 54.0 Å². The fraction of sp³-hybridized carbons (Fsp3) is 0.381. The molecule has 28 heavy (non-hydrogen) atoms. The van der Waals surface area contributed by atoms with Gasteiger partial charge in [-0.2, -0.15) is 0 Å². The number of ether oxygens (including phenoxy) is 2. The summed E-state index contributed by atoms with van der Waals surface area (Å²) < 4.78 is 24.7. The van der Waals surface area contributed by atoms with Crippen molar-refractivity contribution >= 4 is 11.7 Å². The molecule has 0 fully saturated rings. The zero-order valence-corrected chi connectivity index (χ0v) is 17.0. The van der Waals surface area contributed by atoms with Crippen LogP contribution in [0.25, 0.3) is 0 Å². The van der Waals surface area contributed by atoms with E-state index in [4.69, 9.17) is 9.47 Å². The van der Waals surface area contributed by atoms with E-state index < -0.39 is 11.9 Å². The zero-order valence-electron chi connectivity index (χ0n) is 17.0. The Hall–Kier alpha value is -2.96. The molecule has 0 spiro atoms. The Kier molecular flexibility index (Phi) is 7.49. The molecule has 0 aliphatic carbocycles. The first-order valence-electron chi connectivity index (χ1n) is 9.06. The minimum absolute atomic E-state index is 0.275. The highest BCUT2D eigenvalue weighted by atomic mass is 19.1. The van der Waals surface area contributed by atoms with Crippen LogP contribution in [0.4, 0.5) is 14.9 Å². The second kappa shape index (κ2) is 9.82. The molecule has 7 heteroatoms. The summed E-state index contributed by atoms with van der Waals surface area (Å²) in [5.74, 6) is 0.262. The van der Waals surface area contributed by atoms with Crippen molar-refractivity contribution in [3.63, 3.8) is 0 Å². The number of likely N-dealkylation sites (N-methyl/N-ethyl adjacent to an activating group) is 2. The summed E-state index contributed by atoms with van der Waals surface area (Å²) in [5, 5.41) is 2.82. The Labute approximate surface area is 165 Å². The van der Waals surface area contributed by atoms with Crippen LogP contribution < -0.4 is 19.7 Å². The molecule has 0 bridgehead atoms. The molecule has 0 heterocycles. The molecule has 2 amide bonds. The molecule has 0 radical (unpaired) electrons. The van der Waals surface area contributed by atoms with Gasteiger partial charge < -0.3 is 24.6 Å². The fourth-order valence-electron chi connectivity index (χ4n) is 2.79. The smallest absolute Gasteiger partial charge is 0.317 e. The average molecular weight is 389 g/mol. The van der Waals surface area contributed by atoms with Crippen LogP contribution in [0.15, 0.2) is 42.5 Å². The van der Waals surface area contributed by atoms with Crippen molar-refractivity contribution < 1.29 is 18.7 Å². The number of benzene rings is 2. The van der Waals surface area contributed by atoms with Gasteiger partial charge in [0.2, 0.25) is 0 Å². The van der Waals surface area contributed by atoms with Crippen LogP contribution in [0.3, 0.4) is 0 Å². The van der Waals surface area contributed by atoms with Gasteiger partial charge in [0.05, 0.1) is 20.3 Å². The third-order valence-corrected chi connectivity index (χ3v) is 4.62. The van der Waals surface area contributed by atoms with Crippen LogP contribution in [0, 0.1) is 5.82 Å². The number of nitrogens with one attached hydrogen (secondary N) is 1. The number of methoxy groups -OCH3 is 2. The molecule has 0 saturated heterocycles. The van der Waals surface area contributed by atoms with Gasteiger partial charge in [-0.15, -0.1) is 0 Å². The van der Waals surface area contributed by atoms with Crippen LogP contribution in [-0.4, -0.2) is 52.3 Å². The number of carbonyl (C=O) groups excluding carboxylic acids is 1. The van der Waals surface area contributed by atoms with Crippen molar-refractivity contribution in [3.05, 3.63) is 53.8 Å². The molecular weight excluding hydrogens is 361 g/mol. The van der Waals surface area contributed by atoms with Crippen LogP contribution >= 0.6 is 0 Å². The highest BCUT2D eigenvalue weighted by Gasteiger charge is 2.19. The van der Waals surface area contributed by atoms with Gasteiger partial charge in [-0.1, -0.05) is 18.2 Å². The lowest BCUT2D eigenvalue weighted by atomic mass is 10.1. The van der Waals surface area contributed by atoms with E-state index in [2.05, 4.69) is 10.2 Å². The van der Waals surface area contributed by atoms with Crippen molar-refractivity contribution in [3.8, 4) is 11.5 Å². The van der Waals surface area contributed by atoms with Crippen molar-refractivity contribution in [2.75, 3.05) is 46.3 Å². The largest absolute Gasteiger partial charge is 0.493 e.